The Labute approximate surface area is 97.0 Å². The van der Waals surface area contributed by atoms with Gasteiger partial charge in [0.15, 0.2) is 0 Å². The van der Waals surface area contributed by atoms with Crippen molar-refractivity contribution in [3.63, 3.8) is 0 Å². The average Bonchev–Trinajstić information content (AvgIpc) is 2.72. The van der Waals surface area contributed by atoms with Crippen molar-refractivity contribution in [2.75, 3.05) is 11.4 Å². The number of hydrogen-bond donors (Lipinski definition) is 1. The number of nitrogens with zero attached hydrogens (tertiary/aromatic N) is 3. The summed E-state index contributed by atoms with van der Waals surface area (Å²) in [5, 5.41) is 7.90. The molecule has 0 amide bonds. The lowest BCUT2D eigenvalue weighted by atomic mass is 10.2. The predicted molar refractivity (Wildman–Crippen MR) is 64.2 cm³/mol. The van der Waals surface area contributed by atoms with Gasteiger partial charge in [-0.15, -0.1) is 5.10 Å². The highest BCUT2D eigenvalue weighted by atomic mass is 16.4. The van der Waals surface area contributed by atoms with Crippen LogP contribution in [0.4, 0.5) is 6.01 Å². The van der Waals surface area contributed by atoms with Gasteiger partial charge >= 0.3 is 6.01 Å². The van der Waals surface area contributed by atoms with E-state index in [0.29, 0.717) is 24.5 Å². The molecule has 1 heterocycles. The summed E-state index contributed by atoms with van der Waals surface area (Å²) in [5.41, 5.74) is 5.45. The molecule has 92 valence electrons. The summed E-state index contributed by atoms with van der Waals surface area (Å²) >= 11 is 0. The molecule has 5 heteroatoms. The van der Waals surface area contributed by atoms with E-state index in [2.05, 4.69) is 35.9 Å². The van der Waals surface area contributed by atoms with Crippen molar-refractivity contribution in [1.29, 1.82) is 0 Å². The molecule has 2 N–H and O–H groups in total. The Hall–Kier alpha value is -1.10. The summed E-state index contributed by atoms with van der Waals surface area (Å²) in [5.74, 6) is 0.496. The van der Waals surface area contributed by atoms with Gasteiger partial charge in [-0.05, 0) is 20.3 Å². The summed E-state index contributed by atoms with van der Waals surface area (Å²) < 4.78 is 5.47. The minimum Gasteiger partial charge on any atom is -0.407 e. The zero-order valence-electron chi connectivity index (χ0n) is 10.4. The molecule has 0 saturated carbocycles. The first kappa shape index (κ1) is 13.0. The van der Waals surface area contributed by atoms with Gasteiger partial charge in [-0.3, -0.25) is 0 Å². The lowest BCUT2D eigenvalue weighted by molar-refractivity contribution is 0.467. The Morgan fingerprint density at radius 1 is 1.31 bits per heavy atom. The smallest absolute Gasteiger partial charge is 0.318 e. The van der Waals surface area contributed by atoms with E-state index in [4.69, 9.17) is 10.2 Å². The van der Waals surface area contributed by atoms with Crippen molar-refractivity contribution in [3.8, 4) is 0 Å². The fourth-order valence-electron chi connectivity index (χ4n) is 1.55. The van der Waals surface area contributed by atoms with Gasteiger partial charge in [-0.25, -0.2) is 0 Å². The molecule has 0 radical (unpaired) electrons. The number of nitrogens with two attached hydrogens (primary N) is 1. The standard InChI is InChI=1S/C11H22N4O/c1-4-5-6-7-15(9(2)3)11-14-13-10(8-12)16-11/h9H,4-8,12H2,1-3H3. The van der Waals surface area contributed by atoms with E-state index < -0.39 is 0 Å². The number of aromatic nitrogens is 2. The molecule has 0 aliphatic heterocycles. The van der Waals surface area contributed by atoms with Crippen LogP contribution in [0.5, 0.6) is 0 Å². The molecular weight excluding hydrogens is 204 g/mol. The fraction of sp³-hybridized carbons (Fsp3) is 0.818. The first-order valence-electron chi connectivity index (χ1n) is 5.98. The summed E-state index contributed by atoms with van der Waals surface area (Å²) in [6.45, 7) is 7.70. The van der Waals surface area contributed by atoms with Crippen LogP contribution >= 0.6 is 0 Å². The predicted octanol–water partition coefficient (Wildman–Crippen LogP) is 1.93. The number of unbranched alkanes of at least 4 members (excludes halogenated alkanes) is 2. The van der Waals surface area contributed by atoms with Crippen LogP contribution in [0.25, 0.3) is 0 Å². The van der Waals surface area contributed by atoms with Gasteiger partial charge < -0.3 is 15.1 Å². The van der Waals surface area contributed by atoms with Crippen molar-refractivity contribution < 1.29 is 4.42 Å². The van der Waals surface area contributed by atoms with Crippen LogP contribution in [-0.4, -0.2) is 22.8 Å². The van der Waals surface area contributed by atoms with Crippen LogP contribution in [0, 0.1) is 0 Å². The molecule has 0 bridgehead atoms. The van der Waals surface area contributed by atoms with E-state index in [1.165, 1.54) is 12.8 Å². The average molecular weight is 226 g/mol. The van der Waals surface area contributed by atoms with Crippen LogP contribution in [0.1, 0.15) is 45.9 Å². The molecule has 1 rings (SSSR count). The van der Waals surface area contributed by atoms with E-state index in [0.717, 1.165) is 13.0 Å². The maximum Gasteiger partial charge on any atom is 0.318 e. The fourth-order valence-corrected chi connectivity index (χ4v) is 1.55. The zero-order valence-corrected chi connectivity index (χ0v) is 10.4. The maximum atomic E-state index is 5.47. The highest BCUT2D eigenvalue weighted by molar-refractivity contribution is 5.25. The Morgan fingerprint density at radius 2 is 2.06 bits per heavy atom. The van der Waals surface area contributed by atoms with E-state index in [1.54, 1.807) is 0 Å². The number of hydrogen-bond acceptors (Lipinski definition) is 5. The van der Waals surface area contributed by atoms with Gasteiger partial charge in [0.2, 0.25) is 5.89 Å². The summed E-state index contributed by atoms with van der Waals surface area (Å²) in [6.07, 6.45) is 3.58. The second kappa shape index (κ2) is 6.48. The van der Waals surface area contributed by atoms with Gasteiger partial charge in [0.25, 0.3) is 0 Å². The Balaban J connectivity index is 2.61. The van der Waals surface area contributed by atoms with Crippen molar-refractivity contribution in [2.24, 2.45) is 5.73 Å². The molecular formula is C11H22N4O. The first-order chi connectivity index (χ1) is 7.69. The molecule has 0 aromatic carbocycles. The van der Waals surface area contributed by atoms with Crippen LogP contribution in [0.2, 0.25) is 0 Å². The molecule has 1 aromatic rings. The molecule has 0 fully saturated rings. The van der Waals surface area contributed by atoms with Crippen molar-refractivity contribution in [1.82, 2.24) is 10.2 Å². The molecule has 0 aliphatic carbocycles. The SMILES string of the molecule is CCCCCN(c1nnc(CN)o1)C(C)C. The third kappa shape index (κ3) is 3.48. The number of rotatable bonds is 7. The van der Waals surface area contributed by atoms with E-state index in [9.17, 15) is 0 Å². The normalized spacial score (nSPS) is 11.1. The molecule has 5 nitrogen and oxygen atoms in total. The van der Waals surface area contributed by atoms with Crippen molar-refractivity contribution in [2.45, 2.75) is 52.6 Å². The van der Waals surface area contributed by atoms with Crippen LogP contribution in [0.15, 0.2) is 4.42 Å². The highest BCUT2D eigenvalue weighted by Gasteiger charge is 2.16. The molecule has 16 heavy (non-hydrogen) atoms. The summed E-state index contributed by atoms with van der Waals surface area (Å²) in [7, 11) is 0. The molecule has 0 saturated heterocycles. The van der Waals surface area contributed by atoms with E-state index in [1.807, 2.05) is 0 Å². The van der Waals surface area contributed by atoms with Crippen LogP contribution in [-0.2, 0) is 6.54 Å². The molecule has 0 unspecified atom stereocenters. The molecule has 0 atom stereocenters. The van der Waals surface area contributed by atoms with Gasteiger partial charge in [-0.2, -0.15) is 0 Å². The Bertz CT molecular complexity index is 298. The lowest BCUT2D eigenvalue weighted by Crippen LogP contribution is -2.32. The topological polar surface area (TPSA) is 68.2 Å². The van der Waals surface area contributed by atoms with Crippen molar-refractivity contribution in [3.05, 3.63) is 5.89 Å². The summed E-state index contributed by atoms with van der Waals surface area (Å²) in [4.78, 5) is 2.13. The minimum atomic E-state index is 0.299. The first-order valence-corrected chi connectivity index (χ1v) is 5.98. The monoisotopic (exact) mass is 226 g/mol. The molecule has 1 aromatic heterocycles. The Kier molecular flexibility index (Phi) is 5.25. The van der Waals surface area contributed by atoms with Crippen LogP contribution < -0.4 is 10.6 Å². The third-order valence-corrected chi connectivity index (χ3v) is 2.50. The molecule has 0 spiro atoms. The lowest BCUT2D eigenvalue weighted by Gasteiger charge is -2.24. The second-order valence-corrected chi connectivity index (χ2v) is 4.18. The summed E-state index contributed by atoms with van der Waals surface area (Å²) in [6, 6.07) is 0.953. The van der Waals surface area contributed by atoms with Gasteiger partial charge in [0.05, 0.1) is 6.54 Å². The quantitative estimate of drug-likeness (QED) is 0.719. The minimum absolute atomic E-state index is 0.299. The number of anilines is 1. The molecule has 0 aliphatic rings. The van der Waals surface area contributed by atoms with Crippen molar-refractivity contribution >= 4 is 6.01 Å². The maximum absolute atomic E-state index is 5.47. The third-order valence-electron chi connectivity index (χ3n) is 2.50. The van der Waals surface area contributed by atoms with Gasteiger partial charge in [0, 0.05) is 12.6 Å². The highest BCUT2D eigenvalue weighted by Crippen LogP contribution is 2.16. The largest absolute Gasteiger partial charge is 0.407 e. The van der Waals surface area contributed by atoms with E-state index in [-0.39, 0.29) is 0 Å². The van der Waals surface area contributed by atoms with Gasteiger partial charge in [0.1, 0.15) is 0 Å². The van der Waals surface area contributed by atoms with E-state index >= 15 is 0 Å². The van der Waals surface area contributed by atoms with Crippen LogP contribution in [0.3, 0.4) is 0 Å². The second-order valence-electron chi connectivity index (χ2n) is 4.18. The Morgan fingerprint density at radius 3 is 2.56 bits per heavy atom. The van der Waals surface area contributed by atoms with Gasteiger partial charge in [-0.1, -0.05) is 24.9 Å². The zero-order chi connectivity index (χ0) is 12.0.